The molecule has 0 aliphatic rings. The standard InChI is InChI=1S/C11H19N3O2/c1-6-14(7(2)3)10-9(11(15)16)8(4)12-13(10)5/h7H,6H2,1-5H3,(H,15,16). The van der Waals surface area contributed by atoms with Gasteiger partial charge >= 0.3 is 5.97 Å². The van der Waals surface area contributed by atoms with Crippen LogP contribution in [0.1, 0.15) is 36.8 Å². The normalized spacial score (nSPS) is 10.9. The lowest BCUT2D eigenvalue weighted by Gasteiger charge is -2.27. The monoisotopic (exact) mass is 225 g/mol. The molecule has 0 aromatic carbocycles. The van der Waals surface area contributed by atoms with Crippen LogP contribution in [0.2, 0.25) is 0 Å². The zero-order valence-corrected chi connectivity index (χ0v) is 10.5. The number of aromatic nitrogens is 2. The first-order valence-corrected chi connectivity index (χ1v) is 5.43. The maximum Gasteiger partial charge on any atom is 0.341 e. The number of carboxylic acid groups (broad SMARTS) is 1. The largest absolute Gasteiger partial charge is 0.477 e. The molecule has 0 radical (unpaired) electrons. The number of nitrogens with zero attached hydrogens (tertiary/aromatic N) is 3. The molecule has 1 heterocycles. The fraction of sp³-hybridized carbons (Fsp3) is 0.636. The van der Waals surface area contributed by atoms with Gasteiger partial charge in [-0.25, -0.2) is 4.79 Å². The fourth-order valence-corrected chi connectivity index (χ4v) is 1.99. The minimum atomic E-state index is -0.917. The van der Waals surface area contributed by atoms with E-state index in [1.807, 2.05) is 25.7 Å². The number of carboxylic acids is 1. The quantitative estimate of drug-likeness (QED) is 0.846. The summed E-state index contributed by atoms with van der Waals surface area (Å²) < 4.78 is 1.64. The number of carbonyl (C=O) groups is 1. The molecule has 16 heavy (non-hydrogen) atoms. The third-order valence-electron chi connectivity index (χ3n) is 2.64. The van der Waals surface area contributed by atoms with E-state index in [9.17, 15) is 9.90 Å². The van der Waals surface area contributed by atoms with Gasteiger partial charge in [-0.2, -0.15) is 5.10 Å². The van der Waals surface area contributed by atoms with Crippen molar-refractivity contribution in [2.45, 2.75) is 33.7 Å². The van der Waals surface area contributed by atoms with Gasteiger partial charge in [0, 0.05) is 19.6 Å². The molecule has 1 rings (SSSR count). The van der Waals surface area contributed by atoms with E-state index < -0.39 is 5.97 Å². The number of aromatic carboxylic acids is 1. The minimum Gasteiger partial charge on any atom is -0.477 e. The van der Waals surface area contributed by atoms with E-state index in [-0.39, 0.29) is 6.04 Å². The smallest absolute Gasteiger partial charge is 0.341 e. The third kappa shape index (κ3) is 2.03. The predicted octanol–water partition coefficient (Wildman–Crippen LogP) is 1.66. The summed E-state index contributed by atoms with van der Waals surface area (Å²) in [7, 11) is 1.78. The second kappa shape index (κ2) is 4.55. The Bertz CT molecular complexity index is 396. The predicted molar refractivity (Wildman–Crippen MR) is 63.1 cm³/mol. The Morgan fingerprint density at radius 2 is 2.12 bits per heavy atom. The molecule has 5 heteroatoms. The number of hydrogen-bond donors (Lipinski definition) is 1. The van der Waals surface area contributed by atoms with Crippen molar-refractivity contribution < 1.29 is 9.90 Å². The maximum absolute atomic E-state index is 11.2. The van der Waals surface area contributed by atoms with Crippen LogP contribution in [0.3, 0.4) is 0 Å². The van der Waals surface area contributed by atoms with Crippen LogP contribution in [0.15, 0.2) is 0 Å². The number of aryl methyl sites for hydroxylation is 2. The summed E-state index contributed by atoms with van der Waals surface area (Å²) in [6.07, 6.45) is 0. The van der Waals surface area contributed by atoms with E-state index in [4.69, 9.17) is 0 Å². The van der Waals surface area contributed by atoms with Crippen molar-refractivity contribution in [1.82, 2.24) is 9.78 Å². The molecule has 1 aromatic heterocycles. The van der Waals surface area contributed by atoms with Gasteiger partial charge in [0.25, 0.3) is 0 Å². The summed E-state index contributed by atoms with van der Waals surface area (Å²) in [5.74, 6) is -0.234. The van der Waals surface area contributed by atoms with Crippen molar-refractivity contribution in [2.75, 3.05) is 11.4 Å². The molecule has 0 amide bonds. The molecule has 5 nitrogen and oxygen atoms in total. The molecular formula is C11H19N3O2. The van der Waals surface area contributed by atoms with Crippen LogP contribution in [0.25, 0.3) is 0 Å². The summed E-state index contributed by atoms with van der Waals surface area (Å²) in [5, 5.41) is 13.4. The highest BCUT2D eigenvalue weighted by molar-refractivity contribution is 5.94. The molecule has 0 bridgehead atoms. The average molecular weight is 225 g/mol. The van der Waals surface area contributed by atoms with Gasteiger partial charge < -0.3 is 10.0 Å². The number of anilines is 1. The molecule has 0 saturated carbocycles. The van der Waals surface area contributed by atoms with E-state index in [0.29, 0.717) is 17.1 Å². The van der Waals surface area contributed by atoms with Crippen LogP contribution in [-0.2, 0) is 7.05 Å². The lowest BCUT2D eigenvalue weighted by atomic mass is 10.2. The van der Waals surface area contributed by atoms with Crippen LogP contribution >= 0.6 is 0 Å². The molecule has 0 saturated heterocycles. The molecule has 0 fully saturated rings. The van der Waals surface area contributed by atoms with Gasteiger partial charge in [0.1, 0.15) is 11.4 Å². The molecule has 0 aliphatic carbocycles. The van der Waals surface area contributed by atoms with Gasteiger partial charge in [0.15, 0.2) is 0 Å². The summed E-state index contributed by atoms with van der Waals surface area (Å²) in [6, 6.07) is 0.248. The molecule has 90 valence electrons. The first-order chi connectivity index (χ1) is 7.40. The molecular weight excluding hydrogens is 206 g/mol. The topological polar surface area (TPSA) is 58.4 Å². The van der Waals surface area contributed by atoms with Crippen molar-refractivity contribution in [3.05, 3.63) is 11.3 Å². The zero-order valence-electron chi connectivity index (χ0n) is 10.5. The van der Waals surface area contributed by atoms with E-state index in [0.717, 1.165) is 6.54 Å². The Hall–Kier alpha value is -1.52. The van der Waals surface area contributed by atoms with Crippen LogP contribution in [-0.4, -0.2) is 33.4 Å². The van der Waals surface area contributed by atoms with Crippen molar-refractivity contribution in [3.8, 4) is 0 Å². The molecule has 0 aliphatic heterocycles. The van der Waals surface area contributed by atoms with Crippen molar-refractivity contribution >= 4 is 11.8 Å². The fourth-order valence-electron chi connectivity index (χ4n) is 1.99. The van der Waals surface area contributed by atoms with E-state index in [1.54, 1.807) is 18.7 Å². The Morgan fingerprint density at radius 3 is 2.50 bits per heavy atom. The number of rotatable bonds is 4. The Balaban J connectivity index is 3.35. The van der Waals surface area contributed by atoms with Crippen molar-refractivity contribution in [1.29, 1.82) is 0 Å². The maximum atomic E-state index is 11.2. The summed E-state index contributed by atoms with van der Waals surface area (Å²) in [6.45, 7) is 8.57. The SMILES string of the molecule is CCN(c1c(C(=O)O)c(C)nn1C)C(C)C. The zero-order chi connectivity index (χ0) is 12.5. The van der Waals surface area contributed by atoms with E-state index in [1.165, 1.54) is 0 Å². The summed E-state index contributed by atoms with van der Waals surface area (Å²) in [5.41, 5.74) is 0.863. The minimum absolute atomic E-state index is 0.248. The highest BCUT2D eigenvalue weighted by Crippen LogP contribution is 2.24. The molecule has 0 spiro atoms. The Morgan fingerprint density at radius 1 is 1.56 bits per heavy atom. The Kier molecular flexibility index (Phi) is 3.57. The van der Waals surface area contributed by atoms with Crippen LogP contribution in [0.4, 0.5) is 5.82 Å². The molecule has 1 aromatic rings. The summed E-state index contributed by atoms with van der Waals surface area (Å²) >= 11 is 0. The molecule has 0 unspecified atom stereocenters. The van der Waals surface area contributed by atoms with Gasteiger partial charge in [-0.1, -0.05) is 0 Å². The van der Waals surface area contributed by atoms with Gasteiger partial charge in [-0.05, 0) is 27.7 Å². The van der Waals surface area contributed by atoms with Crippen molar-refractivity contribution in [2.24, 2.45) is 7.05 Å². The van der Waals surface area contributed by atoms with Crippen LogP contribution in [0.5, 0.6) is 0 Å². The summed E-state index contributed by atoms with van der Waals surface area (Å²) in [4.78, 5) is 13.3. The highest BCUT2D eigenvalue weighted by Gasteiger charge is 2.24. The first kappa shape index (κ1) is 12.5. The van der Waals surface area contributed by atoms with Crippen LogP contribution < -0.4 is 4.90 Å². The average Bonchev–Trinajstić information content (AvgIpc) is 2.42. The molecule has 1 N–H and O–H groups in total. The van der Waals surface area contributed by atoms with E-state index in [2.05, 4.69) is 5.10 Å². The second-order valence-electron chi connectivity index (χ2n) is 4.09. The molecule has 0 atom stereocenters. The number of hydrogen-bond acceptors (Lipinski definition) is 3. The van der Waals surface area contributed by atoms with Gasteiger partial charge in [0.05, 0.1) is 5.69 Å². The van der Waals surface area contributed by atoms with Crippen LogP contribution in [0, 0.1) is 6.92 Å². The third-order valence-corrected chi connectivity index (χ3v) is 2.64. The van der Waals surface area contributed by atoms with Gasteiger partial charge in [0.2, 0.25) is 0 Å². The lowest BCUT2D eigenvalue weighted by molar-refractivity contribution is 0.0696. The Labute approximate surface area is 95.7 Å². The van der Waals surface area contributed by atoms with Crippen molar-refractivity contribution in [3.63, 3.8) is 0 Å². The second-order valence-corrected chi connectivity index (χ2v) is 4.09. The van der Waals surface area contributed by atoms with Gasteiger partial charge in [-0.15, -0.1) is 0 Å². The highest BCUT2D eigenvalue weighted by atomic mass is 16.4. The van der Waals surface area contributed by atoms with Gasteiger partial charge in [-0.3, -0.25) is 4.68 Å². The first-order valence-electron chi connectivity index (χ1n) is 5.43. The lowest BCUT2D eigenvalue weighted by Crippen LogP contribution is -2.33. The van der Waals surface area contributed by atoms with E-state index >= 15 is 0 Å².